The van der Waals surface area contributed by atoms with Gasteiger partial charge < -0.3 is 14.7 Å². The number of likely N-dealkylation sites (tertiary alicyclic amines) is 1. The Morgan fingerprint density at radius 3 is 2.35 bits per heavy atom. The third-order valence-corrected chi connectivity index (χ3v) is 4.15. The van der Waals surface area contributed by atoms with Gasteiger partial charge in [-0.25, -0.2) is 4.79 Å². The van der Waals surface area contributed by atoms with Crippen molar-refractivity contribution in [1.82, 2.24) is 19.6 Å². The molecule has 2 saturated heterocycles. The van der Waals surface area contributed by atoms with Gasteiger partial charge in [0.25, 0.3) is 5.91 Å². The predicted octanol–water partition coefficient (Wildman–Crippen LogP) is -0.567. The number of hydrogen-bond donors (Lipinski definition) is 0. The maximum absolute atomic E-state index is 12.2. The van der Waals surface area contributed by atoms with E-state index in [0.717, 1.165) is 30.8 Å². The Labute approximate surface area is 119 Å². The molecule has 0 radical (unpaired) electrons. The second kappa shape index (κ2) is 5.78. The van der Waals surface area contributed by atoms with Gasteiger partial charge in [-0.2, -0.15) is 0 Å². The molecule has 0 saturated carbocycles. The molecule has 0 spiro atoms. The van der Waals surface area contributed by atoms with E-state index in [-0.39, 0.29) is 37.0 Å². The molecular formula is C13H22N4O3. The molecule has 0 unspecified atom stereocenters. The van der Waals surface area contributed by atoms with E-state index in [1.807, 2.05) is 0 Å². The quantitative estimate of drug-likeness (QED) is 0.651. The van der Waals surface area contributed by atoms with E-state index in [1.54, 1.807) is 19.0 Å². The highest BCUT2D eigenvalue weighted by Gasteiger charge is 2.36. The Kier molecular flexibility index (Phi) is 4.27. The van der Waals surface area contributed by atoms with Crippen LogP contribution in [-0.2, 0) is 9.59 Å². The van der Waals surface area contributed by atoms with E-state index in [1.165, 1.54) is 4.90 Å². The third kappa shape index (κ3) is 2.92. The van der Waals surface area contributed by atoms with Crippen molar-refractivity contribution in [3.8, 4) is 0 Å². The molecule has 7 nitrogen and oxygen atoms in total. The fraction of sp³-hybridized carbons (Fsp3) is 0.769. The van der Waals surface area contributed by atoms with Crippen LogP contribution in [0.1, 0.15) is 12.8 Å². The Morgan fingerprint density at radius 2 is 1.85 bits per heavy atom. The largest absolute Gasteiger partial charge is 0.341 e. The Hall–Kier alpha value is -1.63. The molecule has 0 aliphatic carbocycles. The van der Waals surface area contributed by atoms with Gasteiger partial charge in [0.15, 0.2) is 0 Å². The molecule has 2 heterocycles. The number of carbonyl (C=O) groups excluding carboxylic acids is 3. The minimum atomic E-state index is -0.389. The van der Waals surface area contributed by atoms with Crippen molar-refractivity contribution < 1.29 is 14.4 Å². The van der Waals surface area contributed by atoms with Gasteiger partial charge in [-0.05, 0) is 33.0 Å². The maximum Gasteiger partial charge on any atom is 0.327 e. The lowest BCUT2D eigenvalue weighted by atomic mass is 10.0. The summed E-state index contributed by atoms with van der Waals surface area (Å²) in [6.07, 6.45) is 1.86. The van der Waals surface area contributed by atoms with Crippen LogP contribution in [0.2, 0.25) is 0 Å². The number of rotatable bonds is 3. The van der Waals surface area contributed by atoms with E-state index in [4.69, 9.17) is 0 Å². The van der Waals surface area contributed by atoms with Crippen LogP contribution in [0.25, 0.3) is 0 Å². The van der Waals surface area contributed by atoms with Crippen LogP contribution in [0.5, 0.6) is 0 Å². The highest BCUT2D eigenvalue weighted by atomic mass is 16.2. The first kappa shape index (κ1) is 14.8. The van der Waals surface area contributed by atoms with Gasteiger partial charge in [-0.3, -0.25) is 14.5 Å². The molecular weight excluding hydrogens is 260 g/mol. The standard InChI is InChI=1S/C13H22N4O3/c1-14-6-4-10(5-7-14)16(3)11(18)9-17-12(19)8-15(2)13(17)20/h10H,4-9H2,1-3H3. The van der Waals surface area contributed by atoms with Crippen LogP contribution in [0.15, 0.2) is 0 Å². The normalized spacial score (nSPS) is 21.8. The molecule has 20 heavy (non-hydrogen) atoms. The van der Waals surface area contributed by atoms with Crippen molar-refractivity contribution in [2.24, 2.45) is 0 Å². The zero-order chi connectivity index (χ0) is 14.9. The first-order valence-corrected chi connectivity index (χ1v) is 6.90. The molecule has 4 amide bonds. The maximum atomic E-state index is 12.2. The van der Waals surface area contributed by atoms with Gasteiger partial charge in [-0.15, -0.1) is 0 Å². The van der Waals surface area contributed by atoms with Crippen molar-refractivity contribution >= 4 is 17.8 Å². The lowest BCUT2D eigenvalue weighted by molar-refractivity contribution is -0.137. The Morgan fingerprint density at radius 1 is 1.25 bits per heavy atom. The van der Waals surface area contributed by atoms with Crippen LogP contribution in [0.4, 0.5) is 4.79 Å². The monoisotopic (exact) mass is 282 g/mol. The van der Waals surface area contributed by atoms with Gasteiger partial charge in [0.05, 0.1) is 0 Å². The zero-order valence-electron chi connectivity index (χ0n) is 12.3. The summed E-state index contributed by atoms with van der Waals surface area (Å²) in [4.78, 5) is 41.9. The summed E-state index contributed by atoms with van der Waals surface area (Å²) in [6.45, 7) is 1.84. The van der Waals surface area contributed by atoms with E-state index < -0.39 is 0 Å². The lowest BCUT2D eigenvalue weighted by Crippen LogP contribution is -2.48. The summed E-state index contributed by atoms with van der Waals surface area (Å²) in [5.41, 5.74) is 0. The summed E-state index contributed by atoms with van der Waals surface area (Å²) >= 11 is 0. The van der Waals surface area contributed by atoms with E-state index in [9.17, 15) is 14.4 Å². The first-order valence-electron chi connectivity index (χ1n) is 6.90. The third-order valence-electron chi connectivity index (χ3n) is 4.15. The molecule has 0 atom stereocenters. The number of hydrogen-bond acceptors (Lipinski definition) is 4. The minimum Gasteiger partial charge on any atom is -0.341 e. The highest BCUT2D eigenvalue weighted by Crippen LogP contribution is 2.15. The van der Waals surface area contributed by atoms with Gasteiger partial charge in [0, 0.05) is 20.1 Å². The number of amides is 4. The molecule has 0 aromatic heterocycles. The molecule has 2 fully saturated rings. The van der Waals surface area contributed by atoms with Crippen LogP contribution >= 0.6 is 0 Å². The molecule has 0 aromatic rings. The van der Waals surface area contributed by atoms with Crippen molar-refractivity contribution in [2.45, 2.75) is 18.9 Å². The lowest BCUT2D eigenvalue weighted by Gasteiger charge is -2.35. The average molecular weight is 282 g/mol. The number of nitrogens with zero attached hydrogens (tertiary/aromatic N) is 4. The summed E-state index contributed by atoms with van der Waals surface area (Å²) in [7, 11) is 5.38. The Balaban J connectivity index is 1.91. The molecule has 0 N–H and O–H groups in total. The molecule has 7 heteroatoms. The van der Waals surface area contributed by atoms with Crippen LogP contribution in [0.3, 0.4) is 0 Å². The van der Waals surface area contributed by atoms with Gasteiger partial charge in [0.2, 0.25) is 5.91 Å². The van der Waals surface area contributed by atoms with Crippen LogP contribution in [0, 0.1) is 0 Å². The number of urea groups is 1. The van der Waals surface area contributed by atoms with Crippen molar-refractivity contribution in [2.75, 3.05) is 47.3 Å². The summed E-state index contributed by atoms with van der Waals surface area (Å²) in [6, 6.07) is -0.190. The topological polar surface area (TPSA) is 64.2 Å². The minimum absolute atomic E-state index is 0.0596. The molecule has 2 aliphatic heterocycles. The van der Waals surface area contributed by atoms with E-state index in [0.29, 0.717) is 0 Å². The van der Waals surface area contributed by atoms with E-state index in [2.05, 4.69) is 11.9 Å². The number of piperidine rings is 1. The van der Waals surface area contributed by atoms with Gasteiger partial charge in [0.1, 0.15) is 13.1 Å². The summed E-state index contributed by atoms with van der Waals surface area (Å²) in [5.74, 6) is -0.473. The first-order chi connectivity index (χ1) is 9.40. The summed E-state index contributed by atoms with van der Waals surface area (Å²) < 4.78 is 0. The SMILES string of the molecule is CN1CCC(N(C)C(=O)CN2C(=O)CN(C)C2=O)CC1. The number of imide groups is 1. The zero-order valence-corrected chi connectivity index (χ0v) is 12.3. The molecule has 0 aromatic carbocycles. The fourth-order valence-corrected chi connectivity index (χ4v) is 2.66. The fourth-order valence-electron chi connectivity index (χ4n) is 2.66. The van der Waals surface area contributed by atoms with Crippen molar-refractivity contribution in [1.29, 1.82) is 0 Å². The smallest absolute Gasteiger partial charge is 0.327 e. The van der Waals surface area contributed by atoms with Crippen molar-refractivity contribution in [3.63, 3.8) is 0 Å². The molecule has 112 valence electrons. The molecule has 2 aliphatic rings. The van der Waals surface area contributed by atoms with Gasteiger partial charge >= 0.3 is 6.03 Å². The number of carbonyl (C=O) groups is 3. The number of likely N-dealkylation sites (N-methyl/N-ethyl adjacent to an activating group) is 2. The van der Waals surface area contributed by atoms with Crippen molar-refractivity contribution in [3.05, 3.63) is 0 Å². The van der Waals surface area contributed by atoms with E-state index >= 15 is 0 Å². The summed E-state index contributed by atoms with van der Waals surface area (Å²) in [5, 5.41) is 0. The molecule has 0 bridgehead atoms. The highest BCUT2D eigenvalue weighted by molar-refractivity contribution is 6.04. The second-order valence-corrected chi connectivity index (χ2v) is 5.66. The predicted molar refractivity (Wildman–Crippen MR) is 73.0 cm³/mol. The van der Waals surface area contributed by atoms with Crippen LogP contribution < -0.4 is 0 Å². The van der Waals surface area contributed by atoms with Crippen LogP contribution in [-0.4, -0.2) is 90.8 Å². The molecule has 2 rings (SSSR count). The Bertz CT molecular complexity index is 418. The van der Waals surface area contributed by atoms with Gasteiger partial charge in [-0.1, -0.05) is 0 Å². The second-order valence-electron chi connectivity index (χ2n) is 5.66. The average Bonchev–Trinajstić information content (AvgIpc) is 2.65.